The maximum absolute atomic E-state index is 12.0. The normalized spacial score (nSPS) is 10.7. The van der Waals surface area contributed by atoms with Gasteiger partial charge in [0.25, 0.3) is 0 Å². The van der Waals surface area contributed by atoms with Gasteiger partial charge in [0.2, 0.25) is 0 Å². The molecule has 0 radical (unpaired) electrons. The van der Waals surface area contributed by atoms with Gasteiger partial charge in [-0.05, 0) is 48.5 Å². The Morgan fingerprint density at radius 3 is 2.65 bits per heavy atom. The average molecular weight is 413 g/mol. The lowest BCUT2D eigenvalue weighted by Crippen LogP contribution is -2.24. The molecule has 0 saturated heterocycles. The number of hydrazone groups is 1. The summed E-state index contributed by atoms with van der Waals surface area (Å²) in [6.45, 7) is 0. The van der Waals surface area contributed by atoms with Gasteiger partial charge in [-0.3, -0.25) is 0 Å². The number of para-hydroxylation sites is 2. The number of carbonyl (C=O) groups is 1. The highest BCUT2D eigenvalue weighted by molar-refractivity contribution is 9.10. The molecule has 0 unspecified atom stereocenters. The fraction of sp³-hybridized carbons (Fsp3) is 0.0526. The summed E-state index contributed by atoms with van der Waals surface area (Å²) >= 11 is 3.42. The molecule has 2 amide bonds. The van der Waals surface area contributed by atoms with Crippen molar-refractivity contribution >= 4 is 33.9 Å². The first kappa shape index (κ1) is 17.8. The smallest absolute Gasteiger partial charge is 0.339 e. The summed E-state index contributed by atoms with van der Waals surface area (Å²) in [5, 5.41) is 6.70. The number of rotatable bonds is 5. The minimum Gasteiger partial charge on any atom is -0.495 e. The zero-order chi connectivity index (χ0) is 18.4. The van der Waals surface area contributed by atoms with Crippen molar-refractivity contribution in [3.05, 3.63) is 77.0 Å². The first-order valence-corrected chi connectivity index (χ1v) is 8.63. The lowest BCUT2D eigenvalue weighted by atomic mass is 10.3. The van der Waals surface area contributed by atoms with Crippen LogP contribution in [0, 0.1) is 0 Å². The van der Waals surface area contributed by atoms with Gasteiger partial charge in [0.15, 0.2) is 0 Å². The summed E-state index contributed by atoms with van der Waals surface area (Å²) < 4.78 is 8.18. The van der Waals surface area contributed by atoms with Crippen LogP contribution in [0.25, 0.3) is 5.69 Å². The van der Waals surface area contributed by atoms with Gasteiger partial charge in [0.05, 0.1) is 24.7 Å². The van der Waals surface area contributed by atoms with Crippen LogP contribution in [-0.2, 0) is 0 Å². The van der Waals surface area contributed by atoms with Gasteiger partial charge in [-0.1, -0.05) is 28.1 Å². The number of methoxy groups -OCH3 is 1. The van der Waals surface area contributed by atoms with Crippen molar-refractivity contribution in [3.8, 4) is 11.4 Å². The van der Waals surface area contributed by atoms with Crippen molar-refractivity contribution in [2.75, 3.05) is 12.4 Å². The Hall–Kier alpha value is -3.06. The highest BCUT2D eigenvalue weighted by atomic mass is 79.9. The highest BCUT2D eigenvalue weighted by Crippen LogP contribution is 2.22. The number of benzene rings is 2. The van der Waals surface area contributed by atoms with Crippen LogP contribution < -0.4 is 15.5 Å². The third-order valence-electron chi connectivity index (χ3n) is 3.60. The molecule has 132 valence electrons. The molecule has 0 aliphatic rings. The maximum Gasteiger partial charge on any atom is 0.339 e. The summed E-state index contributed by atoms with van der Waals surface area (Å²) in [6.07, 6.45) is 3.52. The third-order valence-corrected chi connectivity index (χ3v) is 4.13. The van der Waals surface area contributed by atoms with Crippen molar-refractivity contribution in [1.82, 2.24) is 9.99 Å². The van der Waals surface area contributed by atoms with Crippen molar-refractivity contribution in [3.63, 3.8) is 0 Å². The summed E-state index contributed by atoms with van der Waals surface area (Å²) in [4.78, 5) is 12.0. The van der Waals surface area contributed by atoms with E-state index in [-0.39, 0.29) is 0 Å². The van der Waals surface area contributed by atoms with Crippen molar-refractivity contribution in [2.24, 2.45) is 5.10 Å². The Balaban J connectivity index is 1.65. The molecule has 0 atom stereocenters. The predicted molar refractivity (Wildman–Crippen MR) is 106 cm³/mol. The van der Waals surface area contributed by atoms with E-state index in [1.165, 1.54) is 0 Å². The first-order chi connectivity index (χ1) is 12.7. The third kappa shape index (κ3) is 4.31. The Kier molecular flexibility index (Phi) is 5.70. The number of anilines is 1. The van der Waals surface area contributed by atoms with E-state index in [0.717, 1.165) is 15.9 Å². The molecule has 0 spiro atoms. The van der Waals surface area contributed by atoms with Gasteiger partial charge in [0, 0.05) is 16.4 Å². The fourth-order valence-corrected chi connectivity index (χ4v) is 2.66. The molecular formula is C19H17BrN4O2. The molecule has 6 nitrogen and oxygen atoms in total. The Labute approximate surface area is 159 Å². The summed E-state index contributed by atoms with van der Waals surface area (Å²) in [5.74, 6) is 0.579. The second-order valence-electron chi connectivity index (χ2n) is 5.30. The van der Waals surface area contributed by atoms with Crippen molar-refractivity contribution in [2.45, 2.75) is 0 Å². The Morgan fingerprint density at radius 1 is 1.12 bits per heavy atom. The van der Waals surface area contributed by atoms with Gasteiger partial charge >= 0.3 is 6.03 Å². The number of carbonyl (C=O) groups excluding carboxylic acids is 1. The van der Waals surface area contributed by atoms with Crippen molar-refractivity contribution < 1.29 is 9.53 Å². The van der Waals surface area contributed by atoms with Gasteiger partial charge in [0.1, 0.15) is 5.75 Å². The fourth-order valence-electron chi connectivity index (χ4n) is 2.39. The van der Waals surface area contributed by atoms with Crippen LogP contribution in [0.4, 0.5) is 10.5 Å². The van der Waals surface area contributed by atoms with Crippen LogP contribution >= 0.6 is 15.9 Å². The molecule has 1 aromatic heterocycles. The van der Waals surface area contributed by atoms with E-state index in [1.54, 1.807) is 25.5 Å². The molecule has 0 saturated carbocycles. The SMILES string of the molecule is COc1ccccc1NC(=O)NN=Cc1cccn1-c1ccc(Br)cc1. The second kappa shape index (κ2) is 8.35. The second-order valence-corrected chi connectivity index (χ2v) is 6.22. The quantitative estimate of drug-likeness (QED) is 0.481. The van der Waals surface area contributed by atoms with Gasteiger partial charge in [-0.25, -0.2) is 10.2 Å². The number of hydrogen-bond donors (Lipinski definition) is 2. The van der Waals surface area contributed by atoms with Gasteiger partial charge in [-0.15, -0.1) is 0 Å². The molecule has 26 heavy (non-hydrogen) atoms. The van der Waals surface area contributed by atoms with E-state index in [9.17, 15) is 4.79 Å². The summed E-state index contributed by atoms with van der Waals surface area (Å²) in [5.41, 5.74) is 4.86. The number of nitrogens with zero attached hydrogens (tertiary/aromatic N) is 2. The molecule has 0 aliphatic heterocycles. The van der Waals surface area contributed by atoms with E-state index in [2.05, 4.69) is 31.8 Å². The molecule has 0 aliphatic carbocycles. The van der Waals surface area contributed by atoms with Crippen molar-refractivity contribution in [1.29, 1.82) is 0 Å². The molecule has 1 heterocycles. The van der Waals surface area contributed by atoms with E-state index < -0.39 is 6.03 Å². The number of halogens is 1. The molecule has 3 aromatic rings. The molecule has 0 bridgehead atoms. The average Bonchev–Trinajstić information content (AvgIpc) is 3.11. The van der Waals surface area contributed by atoms with E-state index in [0.29, 0.717) is 11.4 Å². The molecule has 2 N–H and O–H groups in total. The number of hydrogen-bond acceptors (Lipinski definition) is 3. The topological polar surface area (TPSA) is 67.7 Å². The standard InChI is InChI=1S/C19H17BrN4O2/c1-26-18-7-3-2-6-17(18)22-19(25)23-21-13-16-5-4-12-24(16)15-10-8-14(20)9-11-15/h2-13H,1H3,(H2,22,23,25). The first-order valence-electron chi connectivity index (χ1n) is 7.84. The van der Waals surface area contributed by atoms with Crippen LogP contribution in [0.3, 0.4) is 0 Å². The molecule has 7 heteroatoms. The number of ether oxygens (including phenoxy) is 1. The van der Waals surface area contributed by atoms with Gasteiger partial charge < -0.3 is 14.6 Å². The monoisotopic (exact) mass is 412 g/mol. The predicted octanol–water partition coefficient (Wildman–Crippen LogP) is 4.40. The zero-order valence-corrected chi connectivity index (χ0v) is 15.6. The molecular weight excluding hydrogens is 396 g/mol. The van der Waals surface area contributed by atoms with Crippen LogP contribution in [0.1, 0.15) is 5.69 Å². The highest BCUT2D eigenvalue weighted by Gasteiger charge is 2.06. The Bertz CT molecular complexity index is 919. The molecule has 3 rings (SSSR count). The lowest BCUT2D eigenvalue weighted by Gasteiger charge is -2.09. The maximum atomic E-state index is 12.0. The summed E-state index contributed by atoms with van der Waals surface area (Å²) in [6, 6.07) is 18.4. The number of aromatic nitrogens is 1. The number of nitrogens with one attached hydrogen (secondary N) is 2. The van der Waals surface area contributed by atoms with Gasteiger partial charge in [-0.2, -0.15) is 5.10 Å². The molecule has 0 fully saturated rings. The largest absolute Gasteiger partial charge is 0.495 e. The van der Waals surface area contributed by atoms with E-state index in [1.807, 2.05) is 59.3 Å². The summed E-state index contributed by atoms with van der Waals surface area (Å²) in [7, 11) is 1.55. The van der Waals surface area contributed by atoms with Crippen LogP contribution in [0.2, 0.25) is 0 Å². The lowest BCUT2D eigenvalue weighted by molar-refractivity contribution is 0.252. The zero-order valence-electron chi connectivity index (χ0n) is 14.0. The Morgan fingerprint density at radius 2 is 1.88 bits per heavy atom. The van der Waals surface area contributed by atoms with E-state index >= 15 is 0 Å². The minimum absolute atomic E-state index is 0.451. The van der Waals surface area contributed by atoms with Crippen LogP contribution in [0.5, 0.6) is 5.75 Å². The molecule has 2 aromatic carbocycles. The van der Waals surface area contributed by atoms with E-state index in [4.69, 9.17) is 4.74 Å². The number of urea groups is 1. The minimum atomic E-state index is -0.451. The number of amides is 2. The van der Waals surface area contributed by atoms with Crippen LogP contribution in [0.15, 0.2) is 76.4 Å². The van der Waals surface area contributed by atoms with Crippen LogP contribution in [-0.4, -0.2) is 23.9 Å².